The minimum absolute atomic E-state index is 0.0302. The van der Waals surface area contributed by atoms with E-state index >= 15 is 0 Å². The minimum atomic E-state index is -1.11. The third-order valence-corrected chi connectivity index (χ3v) is 5.06. The molecule has 1 N–H and O–H groups in total. The molecule has 0 aromatic heterocycles. The Kier molecular flexibility index (Phi) is 4.17. The van der Waals surface area contributed by atoms with Crippen LogP contribution in [0.25, 0.3) is 0 Å². The van der Waals surface area contributed by atoms with E-state index in [0.29, 0.717) is 5.75 Å². The molecule has 18 heavy (non-hydrogen) atoms. The highest BCUT2D eigenvalue weighted by Crippen LogP contribution is 2.23. The number of aryl methyl sites for hydroxylation is 2. The number of hydrogen-bond acceptors (Lipinski definition) is 2. The van der Waals surface area contributed by atoms with E-state index < -0.39 is 16.8 Å². The summed E-state index contributed by atoms with van der Waals surface area (Å²) in [5, 5.41) is 8.40. The van der Waals surface area contributed by atoms with E-state index in [0.717, 1.165) is 18.4 Å². The molecule has 0 saturated heterocycles. The molecule has 2 rings (SSSR count). The Morgan fingerprint density at radius 1 is 1.39 bits per heavy atom. The van der Waals surface area contributed by atoms with Crippen molar-refractivity contribution in [1.82, 2.24) is 0 Å². The van der Waals surface area contributed by atoms with Crippen LogP contribution < -0.4 is 0 Å². The first-order chi connectivity index (χ1) is 8.56. The van der Waals surface area contributed by atoms with Crippen LogP contribution >= 0.6 is 0 Å². The number of fused-ring (bicyclic) bond motifs is 1. The summed E-state index contributed by atoms with van der Waals surface area (Å²) in [6.07, 6.45) is 3.43. The topological polar surface area (TPSA) is 54.4 Å². The molecule has 0 heterocycles. The van der Waals surface area contributed by atoms with E-state index in [1.807, 2.05) is 6.07 Å². The average molecular weight is 266 g/mol. The van der Waals surface area contributed by atoms with Gasteiger partial charge in [0.15, 0.2) is 0 Å². The number of hydrogen-bond donors (Lipinski definition) is 1. The summed E-state index contributed by atoms with van der Waals surface area (Å²) in [6, 6.07) is 6.28. The zero-order valence-electron chi connectivity index (χ0n) is 10.5. The summed E-state index contributed by atoms with van der Waals surface area (Å²) in [7, 11) is -1.11. The predicted molar refractivity (Wildman–Crippen MR) is 72.0 cm³/mol. The molecule has 98 valence electrons. The van der Waals surface area contributed by atoms with Crippen molar-refractivity contribution in [3.8, 4) is 0 Å². The van der Waals surface area contributed by atoms with Crippen molar-refractivity contribution in [1.29, 1.82) is 0 Å². The van der Waals surface area contributed by atoms with Crippen LogP contribution in [0.15, 0.2) is 18.2 Å². The van der Waals surface area contributed by atoms with Gasteiger partial charge in [0.2, 0.25) is 0 Å². The van der Waals surface area contributed by atoms with Gasteiger partial charge in [-0.05, 0) is 36.0 Å². The summed E-state index contributed by atoms with van der Waals surface area (Å²) in [4.78, 5) is 10.6. The van der Waals surface area contributed by atoms with Gasteiger partial charge in [-0.25, -0.2) is 0 Å². The highest BCUT2D eigenvalue weighted by atomic mass is 32.2. The molecule has 0 aliphatic heterocycles. The van der Waals surface area contributed by atoms with Crippen molar-refractivity contribution >= 4 is 16.8 Å². The normalized spacial score (nSPS) is 17.2. The van der Waals surface area contributed by atoms with Crippen LogP contribution in [0.4, 0.5) is 0 Å². The molecular weight excluding hydrogens is 248 g/mol. The first-order valence-corrected chi connectivity index (χ1v) is 7.64. The van der Waals surface area contributed by atoms with E-state index in [-0.39, 0.29) is 11.7 Å². The SMILES string of the molecule is CC(CC(=O)O)S(=O)Cc1ccc2c(c1)CCC2. The lowest BCUT2D eigenvalue weighted by molar-refractivity contribution is -0.136. The second kappa shape index (κ2) is 5.65. The van der Waals surface area contributed by atoms with Gasteiger partial charge in [-0.3, -0.25) is 9.00 Å². The Morgan fingerprint density at radius 3 is 2.83 bits per heavy atom. The lowest BCUT2D eigenvalue weighted by atomic mass is 10.1. The Balaban J connectivity index is 2.01. The zero-order chi connectivity index (χ0) is 13.1. The first kappa shape index (κ1) is 13.3. The highest BCUT2D eigenvalue weighted by Gasteiger charge is 2.17. The van der Waals surface area contributed by atoms with Crippen molar-refractivity contribution in [3.05, 3.63) is 34.9 Å². The summed E-state index contributed by atoms with van der Waals surface area (Å²) >= 11 is 0. The van der Waals surface area contributed by atoms with E-state index in [9.17, 15) is 9.00 Å². The average Bonchev–Trinajstić information content (AvgIpc) is 2.75. The molecule has 0 bridgehead atoms. The molecule has 0 fully saturated rings. The van der Waals surface area contributed by atoms with E-state index in [4.69, 9.17) is 5.11 Å². The van der Waals surface area contributed by atoms with Crippen LogP contribution in [0.3, 0.4) is 0 Å². The number of aliphatic carboxylic acids is 1. The number of carbonyl (C=O) groups is 1. The molecule has 1 aromatic rings. The molecular formula is C14H18O3S. The van der Waals surface area contributed by atoms with Crippen LogP contribution in [-0.2, 0) is 34.2 Å². The Hall–Kier alpha value is -1.16. The molecule has 1 aliphatic carbocycles. The van der Waals surface area contributed by atoms with Crippen molar-refractivity contribution < 1.29 is 14.1 Å². The Bertz CT molecular complexity index is 482. The van der Waals surface area contributed by atoms with Crippen LogP contribution in [0.5, 0.6) is 0 Å². The highest BCUT2D eigenvalue weighted by molar-refractivity contribution is 7.84. The monoisotopic (exact) mass is 266 g/mol. The maximum Gasteiger partial charge on any atom is 0.304 e. The van der Waals surface area contributed by atoms with Gasteiger partial charge >= 0.3 is 5.97 Å². The fourth-order valence-electron chi connectivity index (χ4n) is 2.36. The molecule has 4 heteroatoms. The number of benzene rings is 1. The molecule has 1 aliphatic rings. The van der Waals surface area contributed by atoms with Gasteiger partial charge in [-0.1, -0.05) is 25.1 Å². The third kappa shape index (κ3) is 3.19. The minimum Gasteiger partial charge on any atom is -0.481 e. The molecule has 2 atom stereocenters. The quantitative estimate of drug-likeness (QED) is 0.889. The second-order valence-electron chi connectivity index (χ2n) is 4.89. The van der Waals surface area contributed by atoms with E-state index in [2.05, 4.69) is 12.1 Å². The second-order valence-corrected chi connectivity index (χ2v) is 6.75. The smallest absolute Gasteiger partial charge is 0.304 e. The van der Waals surface area contributed by atoms with Crippen LogP contribution in [-0.4, -0.2) is 20.5 Å². The fraction of sp³-hybridized carbons (Fsp3) is 0.500. The van der Waals surface area contributed by atoms with Crippen LogP contribution in [0.2, 0.25) is 0 Å². The van der Waals surface area contributed by atoms with Gasteiger partial charge in [0.05, 0.1) is 6.42 Å². The lowest BCUT2D eigenvalue weighted by Gasteiger charge is -2.10. The molecule has 0 saturated carbocycles. The molecule has 0 radical (unpaired) electrons. The van der Waals surface area contributed by atoms with Crippen molar-refractivity contribution in [2.75, 3.05) is 0 Å². The summed E-state index contributed by atoms with van der Waals surface area (Å²) < 4.78 is 12.0. The largest absolute Gasteiger partial charge is 0.481 e. The maximum absolute atomic E-state index is 12.0. The van der Waals surface area contributed by atoms with Gasteiger partial charge in [-0.15, -0.1) is 0 Å². The molecule has 2 unspecified atom stereocenters. The van der Waals surface area contributed by atoms with E-state index in [1.54, 1.807) is 6.92 Å². The van der Waals surface area contributed by atoms with Gasteiger partial charge in [0.25, 0.3) is 0 Å². The number of carboxylic acid groups (broad SMARTS) is 1. The molecule has 0 amide bonds. The van der Waals surface area contributed by atoms with Crippen molar-refractivity contribution in [2.45, 2.75) is 43.6 Å². The Labute approximate surface area is 110 Å². The Morgan fingerprint density at radius 2 is 2.11 bits per heavy atom. The van der Waals surface area contributed by atoms with Gasteiger partial charge in [-0.2, -0.15) is 0 Å². The molecule has 1 aromatic carbocycles. The van der Waals surface area contributed by atoms with Crippen LogP contribution in [0, 0.1) is 0 Å². The number of carboxylic acids is 1. The molecule has 0 spiro atoms. The first-order valence-electron chi connectivity index (χ1n) is 6.26. The van der Waals surface area contributed by atoms with Gasteiger partial charge < -0.3 is 5.11 Å². The summed E-state index contributed by atoms with van der Waals surface area (Å²) in [5.41, 5.74) is 3.84. The summed E-state index contributed by atoms with van der Waals surface area (Å²) in [6.45, 7) is 1.73. The fourth-order valence-corrected chi connectivity index (χ4v) is 3.48. The predicted octanol–water partition coefficient (Wildman–Crippen LogP) is 2.29. The zero-order valence-corrected chi connectivity index (χ0v) is 11.3. The van der Waals surface area contributed by atoms with Crippen LogP contribution in [0.1, 0.15) is 36.5 Å². The van der Waals surface area contributed by atoms with Gasteiger partial charge in [0.1, 0.15) is 0 Å². The van der Waals surface area contributed by atoms with Gasteiger partial charge in [0, 0.05) is 21.8 Å². The third-order valence-electron chi connectivity index (χ3n) is 3.38. The van der Waals surface area contributed by atoms with Crippen molar-refractivity contribution in [3.63, 3.8) is 0 Å². The lowest BCUT2D eigenvalue weighted by Crippen LogP contribution is -2.17. The van der Waals surface area contributed by atoms with Crippen molar-refractivity contribution in [2.24, 2.45) is 0 Å². The molecule has 3 nitrogen and oxygen atoms in total. The number of rotatable bonds is 5. The summed E-state index contributed by atoms with van der Waals surface area (Å²) in [5.74, 6) is -0.424. The maximum atomic E-state index is 12.0. The van der Waals surface area contributed by atoms with E-state index in [1.165, 1.54) is 17.5 Å². The standard InChI is InChI=1S/C14H18O3S/c1-10(7-14(15)16)18(17)9-11-5-6-12-3-2-4-13(12)8-11/h5-6,8,10H,2-4,7,9H2,1H3,(H,15,16).